The van der Waals surface area contributed by atoms with Crippen molar-refractivity contribution >= 4 is 23.2 Å². The first-order valence-electron chi connectivity index (χ1n) is 8.14. The summed E-state index contributed by atoms with van der Waals surface area (Å²) in [6.07, 6.45) is 1.29. The molecule has 1 aliphatic heterocycles. The number of benzene rings is 1. The summed E-state index contributed by atoms with van der Waals surface area (Å²) in [5.41, 5.74) is 3.28. The Kier molecular flexibility index (Phi) is 5.65. The minimum Gasteiger partial charge on any atom is -0.487 e. The number of piperidine rings is 1. The summed E-state index contributed by atoms with van der Waals surface area (Å²) in [7, 11) is 1.40. The van der Waals surface area contributed by atoms with Gasteiger partial charge in [-0.1, -0.05) is 0 Å². The number of hydrogen-bond acceptors (Lipinski definition) is 6. The van der Waals surface area contributed by atoms with Crippen LogP contribution in [0.25, 0.3) is 0 Å². The number of carbonyl (C=O) groups is 2. The van der Waals surface area contributed by atoms with E-state index in [1.807, 2.05) is 5.38 Å². The second kappa shape index (κ2) is 8.11. The molecule has 1 fully saturated rings. The Morgan fingerprint density at radius 2 is 1.96 bits per heavy atom. The van der Waals surface area contributed by atoms with E-state index in [0.717, 1.165) is 5.69 Å². The summed E-state index contributed by atoms with van der Waals surface area (Å²) in [6, 6.07) is 7.12. The number of likely N-dealkylation sites (tertiary alicyclic amines) is 1. The van der Waals surface area contributed by atoms with Crippen LogP contribution in [0.1, 0.15) is 28.9 Å². The SMILES string of the molecule is COC(=O)C1CCN(C(=O)c2ccc(OCc3cscn3)cc2)CC1. The molecule has 0 radical (unpaired) electrons. The van der Waals surface area contributed by atoms with Gasteiger partial charge in [-0.25, -0.2) is 4.98 Å². The molecule has 0 atom stereocenters. The first kappa shape index (κ1) is 17.4. The monoisotopic (exact) mass is 360 g/mol. The average molecular weight is 360 g/mol. The fourth-order valence-electron chi connectivity index (χ4n) is 2.83. The van der Waals surface area contributed by atoms with Crippen LogP contribution in [0.15, 0.2) is 35.2 Å². The maximum atomic E-state index is 12.6. The van der Waals surface area contributed by atoms with Crippen molar-refractivity contribution in [3.05, 3.63) is 46.4 Å². The van der Waals surface area contributed by atoms with Crippen LogP contribution in [0.2, 0.25) is 0 Å². The number of nitrogens with zero attached hydrogens (tertiary/aromatic N) is 2. The number of hydrogen-bond donors (Lipinski definition) is 0. The molecular formula is C18H20N2O4S. The van der Waals surface area contributed by atoms with Gasteiger partial charge in [0, 0.05) is 24.0 Å². The van der Waals surface area contributed by atoms with Crippen molar-refractivity contribution in [2.24, 2.45) is 5.92 Å². The van der Waals surface area contributed by atoms with E-state index in [2.05, 4.69) is 4.98 Å². The van der Waals surface area contributed by atoms with Gasteiger partial charge in [-0.3, -0.25) is 9.59 Å². The Hall–Kier alpha value is -2.41. The van der Waals surface area contributed by atoms with Crippen molar-refractivity contribution in [2.75, 3.05) is 20.2 Å². The topological polar surface area (TPSA) is 68.7 Å². The third-order valence-electron chi connectivity index (χ3n) is 4.29. The number of carbonyl (C=O) groups excluding carboxylic acids is 2. The molecule has 0 spiro atoms. The fraction of sp³-hybridized carbons (Fsp3) is 0.389. The quantitative estimate of drug-likeness (QED) is 0.767. The Balaban J connectivity index is 1.53. The van der Waals surface area contributed by atoms with E-state index >= 15 is 0 Å². The maximum Gasteiger partial charge on any atom is 0.308 e. The van der Waals surface area contributed by atoms with Crippen molar-refractivity contribution in [3.63, 3.8) is 0 Å². The van der Waals surface area contributed by atoms with Gasteiger partial charge in [0.2, 0.25) is 0 Å². The van der Waals surface area contributed by atoms with Crippen LogP contribution < -0.4 is 4.74 Å². The number of esters is 1. The van der Waals surface area contributed by atoms with Crippen molar-refractivity contribution in [1.82, 2.24) is 9.88 Å². The Morgan fingerprint density at radius 3 is 2.56 bits per heavy atom. The van der Waals surface area contributed by atoms with Gasteiger partial charge in [-0.2, -0.15) is 0 Å². The molecule has 6 nitrogen and oxygen atoms in total. The third-order valence-corrected chi connectivity index (χ3v) is 4.92. The van der Waals surface area contributed by atoms with Crippen molar-refractivity contribution < 1.29 is 19.1 Å². The van der Waals surface area contributed by atoms with E-state index < -0.39 is 0 Å². The summed E-state index contributed by atoms with van der Waals surface area (Å²) < 4.78 is 10.4. The molecule has 1 aromatic carbocycles. The van der Waals surface area contributed by atoms with E-state index in [1.54, 1.807) is 34.7 Å². The standard InChI is InChI=1S/C18H20N2O4S/c1-23-18(22)14-6-8-20(9-7-14)17(21)13-2-4-16(5-3-13)24-10-15-11-25-12-19-15/h2-5,11-12,14H,6-10H2,1H3. The molecule has 2 heterocycles. The van der Waals surface area contributed by atoms with E-state index in [0.29, 0.717) is 43.9 Å². The molecule has 1 aliphatic rings. The van der Waals surface area contributed by atoms with Gasteiger partial charge in [0.1, 0.15) is 12.4 Å². The van der Waals surface area contributed by atoms with Crippen LogP contribution in [0.3, 0.4) is 0 Å². The largest absolute Gasteiger partial charge is 0.487 e. The number of thiazole rings is 1. The molecule has 1 aromatic heterocycles. The zero-order chi connectivity index (χ0) is 17.6. The van der Waals surface area contributed by atoms with E-state index in [4.69, 9.17) is 9.47 Å². The Labute approximate surface area is 150 Å². The predicted molar refractivity (Wildman–Crippen MR) is 93.5 cm³/mol. The second-order valence-electron chi connectivity index (χ2n) is 5.88. The molecule has 7 heteroatoms. The molecule has 25 heavy (non-hydrogen) atoms. The predicted octanol–water partition coefficient (Wildman–Crippen LogP) is 2.75. The molecule has 0 N–H and O–H groups in total. The first-order chi connectivity index (χ1) is 12.2. The number of ether oxygens (including phenoxy) is 2. The molecule has 132 valence electrons. The highest BCUT2D eigenvalue weighted by molar-refractivity contribution is 7.07. The van der Waals surface area contributed by atoms with Gasteiger partial charge < -0.3 is 14.4 Å². The van der Waals surface area contributed by atoms with Crippen LogP contribution >= 0.6 is 11.3 Å². The normalized spacial score (nSPS) is 15.0. The van der Waals surface area contributed by atoms with E-state index in [-0.39, 0.29) is 17.8 Å². The minimum atomic E-state index is -0.186. The minimum absolute atomic E-state index is 0.0191. The first-order valence-corrected chi connectivity index (χ1v) is 9.08. The van der Waals surface area contributed by atoms with Gasteiger partial charge in [-0.05, 0) is 37.1 Å². The van der Waals surface area contributed by atoms with Crippen LogP contribution in [0, 0.1) is 5.92 Å². The molecule has 0 saturated carbocycles. The number of aromatic nitrogens is 1. The Bertz CT molecular complexity index is 707. The molecule has 2 aromatic rings. The summed E-state index contributed by atoms with van der Waals surface area (Å²) in [5.74, 6) is 0.396. The molecule has 1 amide bonds. The summed E-state index contributed by atoms with van der Waals surface area (Å²) >= 11 is 1.53. The highest BCUT2D eigenvalue weighted by Crippen LogP contribution is 2.21. The lowest BCUT2D eigenvalue weighted by atomic mass is 9.96. The van der Waals surface area contributed by atoms with Gasteiger partial charge in [0.15, 0.2) is 0 Å². The van der Waals surface area contributed by atoms with Crippen molar-refractivity contribution in [3.8, 4) is 5.75 Å². The van der Waals surface area contributed by atoms with Crippen molar-refractivity contribution in [2.45, 2.75) is 19.4 Å². The molecule has 0 unspecified atom stereocenters. The van der Waals surface area contributed by atoms with Gasteiger partial charge >= 0.3 is 5.97 Å². The van der Waals surface area contributed by atoms with Gasteiger partial charge in [-0.15, -0.1) is 11.3 Å². The number of methoxy groups -OCH3 is 1. The number of rotatable bonds is 5. The number of amides is 1. The molecule has 0 bridgehead atoms. The van der Waals surface area contributed by atoms with Gasteiger partial charge in [0.05, 0.1) is 24.2 Å². The molecule has 0 aliphatic carbocycles. The fourth-order valence-corrected chi connectivity index (χ4v) is 3.37. The van der Waals surface area contributed by atoms with E-state index in [1.165, 1.54) is 18.4 Å². The molecule has 1 saturated heterocycles. The van der Waals surface area contributed by atoms with Crippen LogP contribution in [0.5, 0.6) is 5.75 Å². The zero-order valence-corrected chi connectivity index (χ0v) is 14.8. The highest BCUT2D eigenvalue weighted by Gasteiger charge is 2.28. The lowest BCUT2D eigenvalue weighted by Crippen LogP contribution is -2.40. The molecule has 3 rings (SSSR count). The lowest BCUT2D eigenvalue weighted by Gasteiger charge is -2.30. The maximum absolute atomic E-state index is 12.6. The van der Waals surface area contributed by atoms with Crippen LogP contribution in [-0.2, 0) is 16.1 Å². The second-order valence-corrected chi connectivity index (χ2v) is 6.60. The third kappa shape index (κ3) is 4.36. The smallest absolute Gasteiger partial charge is 0.308 e. The average Bonchev–Trinajstić information content (AvgIpc) is 3.19. The molecular weight excluding hydrogens is 340 g/mol. The van der Waals surface area contributed by atoms with E-state index in [9.17, 15) is 9.59 Å². The van der Waals surface area contributed by atoms with Crippen LogP contribution in [0.4, 0.5) is 0 Å². The lowest BCUT2D eigenvalue weighted by molar-refractivity contribution is -0.146. The highest BCUT2D eigenvalue weighted by atomic mass is 32.1. The summed E-state index contributed by atoms with van der Waals surface area (Å²) in [4.78, 5) is 30.1. The van der Waals surface area contributed by atoms with Crippen LogP contribution in [-0.4, -0.2) is 42.0 Å². The Morgan fingerprint density at radius 1 is 1.24 bits per heavy atom. The van der Waals surface area contributed by atoms with Crippen molar-refractivity contribution in [1.29, 1.82) is 0 Å². The summed E-state index contributed by atoms with van der Waals surface area (Å²) in [5, 5.41) is 1.94. The summed E-state index contributed by atoms with van der Waals surface area (Å²) in [6.45, 7) is 1.55. The van der Waals surface area contributed by atoms with Gasteiger partial charge in [0.25, 0.3) is 5.91 Å². The zero-order valence-electron chi connectivity index (χ0n) is 14.0.